The van der Waals surface area contributed by atoms with E-state index in [1.165, 1.54) is 11.3 Å². The van der Waals surface area contributed by atoms with Crippen LogP contribution in [0.3, 0.4) is 0 Å². The maximum absolute atomic E-state index is 11.3. The molecule has 90 valence electrons. The number of nitrogens with zero attached hydrogens (tertiary/aromatic N) is 2. The molecule has 1 heterocycles. The molecule has 0 fully saturated rings. The van der Waals surface area contributed by atoms with E-state index in [0.717, 1.165) is 11.4 Å². The lowest BCUT2D eigenvalue weighted by atomic mass is 10.1. The van der Waals surface area contributed by atoms with E-state index < -0.39 is 0 Å². The second kappa shape index (κ2) is 6.55. The van der Waals surface area contributed by atoms with Crippen LogP contribution in [0.25, 0.3) is 0 Å². The number of anilines is 1. The Hall–Kier alpha value is -1.01. The zero-order valence-electron chi connectivity index (χ0n) is 9.56. The normalized spacial score (nSPS) is 10.8. The van der Waals surface area contributed by atoms with Gasteiger partial charge in [0.1, 0.15) is 5.01 Å². The smallest absolute Gasteiger partial charge is 0.226 e. The second-order valence-electron chi connectivity index (χ2n) is 3.97. The van der Waals surface area contributed by atoms with Crippen LogP contribution in [0.15, 0.2) is 0 Å². The van der Waals surface area contributed by atoms with Gasteiger partial charge in [0, 0.05) is 19.4 Å². The Morgan fingerprint density at radius 3 is 2.88 bits per heavy atom. The van der Waals surface area contributed by atoms with E-state index in [1.54, 1.807) is 0 Å². The van der Waals surface area contributed by atoms with E-state index in [1.807, 2.05) is 0 Å². The highest BCUT2D eigenvalue weighted by Gasteiger charge is 2.08. The van der Waals surface area contributed by atoms with Gasteiger partial charge in [-0.05, 0) is 12.3 Å². The topological polar surface area (TPSA) is 75.1 Å². The summed E-state index contributed by atoms with van der Waals surface area (Å²) < 4.78 is 0. The molecule has 2 N–H and O–H groups in total. The standard InChI is InChI=1S/C10H17N3O2S/c1-7(2)6-9-12-13-10(16-9)11-8(15)4-3-5-14/h7,14H,3-6H2,1-2H3,(H,11,13,15). The Morgan fingerprint density at radius 2 is 2.25 bits per heavy atom. The number of amides is 1. The molecule has 1 rings (SSSR count). The number of carbonyl (C=O) groups is 1. The molecular formula is C10H17N3O2S. The number of aliphatic hydroxyl groups excluding tert-OH is 1. The number of aromatic nitrogens is 2. The molecule has 0 aliphatic carbocycles. The maximum Gasteiger partial charge on any atom is 0.226 e. The molecule has 0 spiro atoms. The molecule has 1 aromatic heterocycles. The predicted octanol–water partition coefficient (Wildman–Crippen LogP) is 1.45. The van der Waals surface area contributed by atoms with Crippen LogP contribution in [0.2, 0.25) is 0 Å². The molecule has 0 saturated carbocycles. The molecule has 0 radical (unpaired) electrons. The molecular weight excluding hydrogens is 226 g/mol. The summed E-state index contributed by atoms with van der Waals surface area (Å²) in [6, 6.07) is 0. The molecule has 5 nitrogen and oxygen atoms in total. The first-order valence-corrected chi connectivity index (χ1v) is 6.16. The van der Waals surface area contributed by atoms with Crippen molar-refractivity contribution in [1.29, 1.82) is 0 Å². The minimum atomic E-state index is -0.124. The van der Waals surface area contributed by atoms with Gasteiger partial charge in [-0.15, -0.1) is 10.2 Å². The van der Waals surface area contributed by atoms with E-state index in [4.69, 9.17) is 5.11 Å². The number of carbonyl (C=O) groups excluding carboxylic acids is 1. The third-order valence-electron chi connectivity index (χ3n) is 1.86. The summed E-state index contributed by atoms with van der Waals surface area (Å²) in [6.45, 7) is 4.25. The summed E-state index contributed by atoms with van der Waals surface area (Å²) in [5.74, 6) is 0.409. The van der Waals surface area contributed by atoms with E-state index >= 15 is 0 Å². The Kier molecular flexibility index (Phi) is 5.34. The molecule has 0 aliphatic rings. The molecule has 0 atom stereocenters. The second-order valence-corrected chi connectivity index (χ2v) is 5.04. The van der Waals surface area contributed by atoms with Crippen molar-refractivity contribution >= 4 is 22.4 Å². The molecule has 1 aromatic rings. The average molecular weight is 243 g/mol. The number of hydrogen-bond donors (Lipinski definition) is 2. The quantitative estimate of drug-likeness (QED) is 0.793. The zero-order valence-corrected chi connectivity index (χ0v) is 10.4. The van der Waals surface area contributed by atoms with Crippen molar-refractivity contribution in [3.8, 4) is 0 Å². The minimum absolute atomic E-state index is 0.0299. The SMILES string of the molecule is CC(C)Cc1nnc(NC(=O)CCCO)s1. The van der Waals surface area contributed by atoms with Crippen molar-refractivity contribution in [2.24, 2.45) is 5.92 Å². The summed E-state index contributed by atoms with van der Waals surface area (Å²) in [7, 11) is 0. The average Bonchev–Trinajstić information content (AvgIpc) is 2.61. The van der Waals surface area contributed by atoms with Crippen LogP contribution >= 0.6 is 11.3 Å². The van der Waals surface area contributed by atoms with Gasteiger partial charge in [-0.3, -0.25) is 4.79 Å². The van der Waals surface area contributed by atoms with Crippen molar-refractivity contribution in [2.45, 2.75) is 33.1 Å². The molecule has 1 amide bonds. The zero-order chi connectivity index (χ0) is 12.0. The summed E-state index contributed by atoms with van der Waals surface area (Å²) in [4.78, 5) is 11.3. The van der Waals surface area contributed by atoms with Crippen molar-refractivity contribution in [3.05, 3.63) is 5.01 Å². The van der Waals surface area contributed by atoms with E-state index in [9.17, 15) is 4.79 Å². The summed E-state index contributed by atoms with van der Waals surface area (Å²) in [5.41, 5.74) is 0. The van der Waals surface area contributed by atoms with Crippen molar-refractivity contribution < 1.29 is 9.90 Å². The molecule has 6 heteroatoms. The molecule has 0 aliphatic heterocycles. The largest absolute Gasteiger partial charge is 0.396 e. The summed E-state index contributed by atoms with van der Waals surface area (Å²) in [6.07, 6.45) is 1.67. The van der Waals surface area contributed by atoms with Gasteiger partial charge in [-0.2, -0.15) is 0 Å². The lowest BCUT2D eigenvalue weighted by Gasteiger charge is -1.99. The number of nitrogens with one attached hydrogen (secondary N) is 1. The van der Waals surface area contributed by atoms with Gasteiger partial charge in [0.05, 0.1) is 0 Å². The van der Waals surface area contributed by atoms with Crippen LogP contribution in [0.5, 0.6) is 0 Å². The van der Waals surface area contributed by atoms with Crippen molar-refractivity contribution in [2.75, 3.05) is 11.9 Å². The van der Waals surface area contributed by atoms with Crippen LogP contribution < -0.4 is 5.32 Å². The Balaban J connectivity index is 2.42. The maximum atomic E-state index is 11.3. The molecule has 0 bridgehead atoms. The van der Waals surface area contributed by atoms with Gasteiger partial charge in [-0.25, -0.2) is 0 Å². The Labute approximate surface area is 98.9 Å². The predicted molar refractivity (Wildman–Crippen MR) is 63.4 cm³/mol. The molecule has 0 unspecified atom stereocenters. The van der Waals surface area contributed by atoms with Gasteiger partial charge in [0.15, 0.2) is 0 Å². The highest BCUT2D eigenvalue weighted by atomic mass is 32.1. The van der Waals surface area contributed by atoms with Crippen LogP contribution in [0.4, 0.5) is 5.13 Å². The third-order valence-corrected chi connectivity index (χ3v) is 2.72. The summed E-state index contributed by atoms with van der Waals surface area (Å²) >= 11 is 1.41. The third kappa shape index (κ3) is 4.67. The van der Waals surface area contributed by atoms with Crippen LogP contribution in [0.1, 0.15) is 31.7 Å². The minimum Gasteiger partial charge on any atom is -0.396 e. The van der Waals surface area contributed by atoms with Gasteiger partial charge in [0.25, 0.3) is 0 Å². The van der Waals surface area contributed by atoms with E-state index in [-0.39, 0.29) is 12.5 Å². The fourth-order valence-corrected chi connectivity index (χ4v) is 2.13. The molecule has 0 aromatic carbocycles. The lowest BCUT2D eigenvalue weighted by Crippen LogP contribution is -2.11. The highest BCUT2D eigenvalue weighted by molar-refractivity contribution is 7.15. The van der Waals surface area contributed by atoms with Gasteiger partial charge >= 0.3 is 0 Å². The van der Waals surface area contributed by atoms with Crippen LogP contribution in [0, 0.1) is 5.92 Å². The van der Waals surface area contributed by atoms with Gasteiger partial charge in [-0.1, -0.05) is 25.2 Å². The molecule has 16 heavy (non-hydrogen) atoms. The Morgan fingerprint density at radius 1 is 1.50 bits per heavy atom. The lowest BCUT2D eigenvalue weighted by molar-refractivity contribution is -0.116. The van der Waals surface area contributed by atoms with E-state index in [2.05, 4.69) is 29.4 Å². The first kappa shape index (κ1) is 13.1. The summed E-state index contributed by atoms with van der Waals surface area (Å²) in [5, 5.41) is 20.6. The first-order chi connectivity index (χ1) is 7.61. The van der Waals surface area contributed by atoms with Crippen molar-refractivity contribution in [1.82, 2.24) is 10.2 Å². The first-order valence-electron chi connectivity index (χ1n) is 5.35. The van der Waals surface area contributed by atoms with Crippen LogP contribution in [-0.2, 0) is 11.2 Å². The highest BCUT2D eigenvalue weighted by Crippen LogP contribution is 2.18. The fraction of sp³-hybridized carbons (Fsp3) is 0.700. The van der Waals surface area contributed by atoms with Crippen molar-refractivity contribution in [3.63, 3.8) is 0 Å². The van der Waals surface area contributed by atoms with Gasteiger partial charge < -0.3 is 10.4 Å². The van der Waals surface area contributed by atoms with E-state index in [0.29, 0.717) is 23.9 Å². The van der Waals surface area contributed by atoms with Gasteiger partial charge in [0.2, 0.25) is 11.0 Å². The number of aliphatic hydroxyl groups is 1. The fourth-order valence-electron chi connectivity index (χ4n) is 1.16. The number of rotatable bonds is 6. The number of hydrogen-bond acceptors (Lipinski definition) is 5. The monoisotopic (exact) mass is 243 g/mol. The Bertz CT molecular complexity index is 339. The van der Waals surface area contributed by atoms with Crippen LogP contribution in [-0.4, -0.2) is 27.8 Å². The molecule has 0 saturated heterocycles.